The molecule has 6 heteroatoms. The largest absolute Gasteiger partial charge is 0.481 e. The number of carboxylic acids is 1. The number of aldehydes is 1. The van der Waals surface area contributed by atoms with Gasteiger partial charge in [0.05, 0.1) is 5.56 Å². The van der Waals surface area contributed by atoms with Crippen LogP contribution in [-0.2, 0) is 11.0 Å². The lowest BCUT2D eigenvalue weighted by molar-refractivity contribution is -0.138. The average molecular weight is 256 g/mol. The van der Waals surface area contributed by atoms with Crippen LogP contribution in [0.15, 0.2) is 18.2 Å². The summed E-state index contributed by atoms with van der Waals surface area (Å²) in [5.41, 5.74) is -1.09. The minimum atomic E-state index is -4.54. The molecule has 0 fully saturated rings. The van der Waals surface area contributed by atoms with E-state index in [0.29, 0.717) is 6.29 Å². The van der Waals surface area contributed by atoms with Gasteiger partial charge in [-0.1, -0.05) is 11.8 Å². The van der Waals surface area contributed by atoms with Gasteiger partial charge in [0.2, 0.25) is 0 Å². The van der Waals surface area contributed by atoms with E-state index in [1.54, 1.807) is 0 Å². The summed E-state index contributed by atoms with van der Waals surface area (Å²) in [6.07, 6.45) is -4.68. The zero-order valence-electron chi connectivity index (χ0n) is 8.91. The van der Waals surface area contributed by atoms with Crippen molar-refractivity contribution >= 4 is 12.3 Å². The molecular formula is C12H7F3O3. The molecule has 0 aromatic heterocycles. The minimum absolute atomic E-state index is 0.0131. The molecule has 1 aromatic rings. The third-order valence-electron chi connectivity index (χ3n) is 1.97. The molecule has 1 N–H and O–H groups in total. The van der Waals surface area contributed by atoms with Gasteiger partial charge in [-0.15, -0.1) is 0 Å². The van der Waals surface area contributed by atoms with Crippen LogP contribution in [-0.4, -0.2) is 17.4 Å². The zero-order chi connectivity index (χ0) is 13.8. The molecule has 0 heterocycles. The first-order valence-corrected chi connectivity index (χ1v) is 4.71. The first kappa shape index (κ1) is 13.8. The second kappa shape index (κ2) is 5.36. The maximum Gasteiger partial charge on any atom is 0.416 e. The summed E-state index contributed by atoms with van der Waals surface area (Å²) >= 11 is 0. The molecule has 3 nitrogen and oxygen atoms in total. The summed E-state index contributed by atoms with van der Waals surface area (Å²) in [7, 11) is 0. The van der Waals surface area contributed by atoms with E-state index >= 15 is 0 Å². The summed E-state index contributed by atoms with van der Waals surface area (Å²) in [5, 5.41) is 8.35. The van der Waals surface area contributed by atoms with Gasteiger partial charge in [-0.2, -0.15) is 13.2 Å². The Morgan fingerprint density at radius 1 is 1.39 bits per heavy atom. The highest BCUT2D eigenvalue weighted by Crippen LogP contribution is 2.30. The number of hydrogen-bond donors (Lipinski definition) is 1. The van der Waals surface area contributed by atoms with Gasteiger partial charge in [0, 0.05) is 11.1 Å². The lowest BCUT2D eigenvalue weighted by Crippen LogP contribution is -2.06. The molecule has 0 radical (unpaired) electrons. The van der Waals surface area contributed by atoms with Crippen molar-refractivity contribution in [3.05, 3.63) is 34.9 Å². The van der Waals surface area contributed by atoms with Crippen molar-refractivity contribution in [3.63, 3.8) is 0 Å². The van der Waals surface area contributed by atoms with Gasteiger partial charge in [0.15, 0.2) is 6.29 Å². The Labute approximate surface area is 100 Å². The third-order valence-corrected chi connectivity index (χ3v) is 1.97. The quantitative estimate of drug-likeness (QED) is 0.652. The lowest BCUT2D eigenvalue weighted by atomic mass is 10.0. The summed E-state index contributed by atoms with van der Waals surface area (Å²) < 4.78 is 37.3. The highest BCUT2D eigenvalue weighted by atomic mass is 19.4. The van der Waals surface area contributed by atoms with Crippen molar-refractivity contribution in [2.45, 2.75) is 12.6 Å². The average Bonchev–Trinajstić information content (AvgIpc) is 2.27. The monoisotopic (exact) mass is 256 g/mol. The molecule has 0 spiro atoms. The van der Waals surface area contributed by atoms with Crippen molar-refractivity contribution in [3.8, 4) is 11.8 Å². The van der Waals surface area contributed by atoms with Crippen LogP contribution < -0.4 is 0 Å². The van der Waals surface area contributed by atoms with E-state index in [1.165, 1.54) is 0 Å². The number of halogens is 3. The fourth-order valence-corrected chi connectivity index (χ4v) is 1.16. The Morgan fingerprint density at radius 3 is 2.56 bits per heavy atom. The number of carboxylic acid groups (broad SMARTS) is 1. The Kier molecular flexibility index (Phi) is 4.10. The highest BCUT2D eigenvalue weighted by Gasteiger charge is 2.30. The molecular weight excluding hydrogens is 249 g/mol. The van der Waals surface area contributed by atoms with Crippen LogP contribution in [0.3, 0.4) is 0 Å². The molecule has 0 aliphatic carbocycles. The Morgan fingerprint density at radius 2 is 2.06 bits per heavy atom. The van der Waals surface area contributed by atoms with Crippen LogP contribution in [0.1, 0.15) is 27.9 Å². The predicted octanol–water partition coefficient (Wildman–Crippen LogP) is 2.34. The Balaban J connectivity index is 3.17. The number of carbonyl (C=O) groups excluding carboxylic acids is 1. The normalized spacial score (nSPS) is 10.4. The van der Waals surface area contributed by atoms with E-state index in [2.05, 4.69) is 11.8 Å². The van der Waals surface area contributed by atoms with Gasteiger partial charge < -0.3 is 5.11 Å². The van der Waals surface area contributed by atoms with Gasteiger partial charge in [-0.05, 0) is 18.2 Å². The molecule has 0 aliphatic heterocycles. The summed E-state index contributed by atoms with van der Waals surface area (Å²) in [4.78, 5) is 20.8. The summed E-state index contributed by atoms with van der Waals surface area (Å²) in [6.45, 7) is 0. The van der Waals surface area contributed by atoms with Crippen molar-refractivity contribution in [2.24, 2.45) is 0 Å². The second-order valence-electron chi connectivity index (χ2n) is 3.29. The fourth-order valence-electron chi connectivity index (χ4n) is 1.16. The van der Waals surface area contributed by atoms with Gasteiger partial charge in [0.25, 0.3) is 0 Å². The zero-order valence-corrected chi connectivity index (χ0v) is 8.91. The molecule has 0 amide bonds. The summed E-state index contributed by atoms with van der Waals surface area (Å²) in [6, 6.07) is 2.49. The van der Waals surface area contributed by atoms with Crippen LogP contribution in [0.4, 0.5) is 13.2 Å². The molecule has 0 saturated heterocycles. The number of hydrogen-bond acceptors (Lipinski definition) is 2. The van der Waals surface area contributed by atoms with E-state index < -0.39 is 24.1 Å². The molecule has 0 unspecified atom stereocenters. The van der Waals surface area contributed by atoms with Crippen molar-refractivity contribution < 1.29 is 27.9 Å². The molecule has 0 bridgehead atoms. The maximum absolute atomic E-state index is 12.4. The number of alkyl halides is 3. The highest BCUT2D eigenvalue weighted by molar-refractivity contribution is 5.80. The van der Waals surface area contributed by atoms with Crippen LogP contribution in [0.5, 0.6) is 0 Å². The number of benzene rings is 1. The maximum atomic E-state index is 12.4. The molecule has 0 aliphatic rings. The van der Waals surface area contributed by atoms with Crippen molar-refractivity contribution in [1.82, 2.24) is 0 Å². The Bertz CT molecular complexity index is 536. The number of rotatable bonds is 2. The van der Waals surface area contributed by atoms with E-state index in [0.717, 1.165) is 18.2 Å². The second-order valence-corrected chi connectivity index (χ2v) is 3.29. The summed E-state index contributed by atoms with van der Waals surface area (Å²) in [5.74, 6) is 3.23. The number of aliphatic carboxylic acids is 1. The predicted molar refractivity (Wildman–Crippen MR) is 56.0 cm³/mol. The molecule has 0 atom stereocenters. The first-order valence-electron chi connectivity index (χ1n) is 4.71. The van der Waals surface area contributed by atoms with Crippen LogP contribution in [0.2, 0.25) is 0 Å². The first-order chi connectivity index (χ1) is 8.34. The van der Waals surface area contributed by atoms with Crippen LogP contribution in [0.25, 0.3) is 0 Å². The lowest BCUT2D eigenvalue weighted by Gasteiger charge is -2.07. The minimum Gasteiger partial charge on any atom is -0.481 e. The SMILES string of the molecule is O=Cc1ccc(C(F)(F)F)cc1C#CCC(=O)O. The van der Waals surface area contributed by atoms with Crippen LogP contribution >= 0.6 is 0 Å². The molecule has 1 aromatic carbocycles. The van der Waals surface area contributed by atoms with E-state index in [1.807, 2.05) is 0 Å². The topological polar surface area (TPSA) is 54.4 Å². The van der Waals surface area contributed by atoms with Gasteiger partial charge in [0.1, 0.15) is 6.42 Å². The van der Waals surface area contributed by atoms with E-state index in [-0.39, 0.29) is 11.1 Å². The number of carbonyl (C=O) groups is 2. The van der Waals surface area contributed by atoms with Gasteiger partial charge in [-0.3, -0.25) is 9.59 Å². The Hall–Kier alpha value is -2.29. The van der Waals surface area contributed by atoms with Crippen molar-refractivity contribution in [2.75, 3.05) is 0 Å². The third kappa shape index (κ3) is 3.63. The van der Waals surface area contributed by atoms with Gasteiger partial charge >= 0.3 is 12.1 Å². The molecule has 94 valence electrons. The van der Waals surface area contributed by atoms with E-state index in [4.69, 9.17) is 5.11 Å². The standard InChI is InChI=1S/C12H7F3O3/c13-12(14,15)10-5-4-9(7-16)8(6-10)2-1-3-11(17)18/h4-7H,3H2,(H,17,18). The smallest absolute Gasteiger partial charge is 0.416 e. The fraction of sp³-hybridized carbons (Fsp3) is 0.167. The van der Waals surface area contributed by atoms with Gasteiger partial charge in [-0.25, -0.2) is 0 Å². The molecule has 18 heavy (non-hydrogen) atoms. The van der Waals surface area contributed by atoms with Crippen LogP contribution in [0, 0.1) is 11.8 Å². The molecule has 0 saturated carbocycles. The van der Waals surface area contributed by atoms with Crippen molar-refractivity contribution in [1.29, 1.82) is 0 Å². The molecule has 1 rings (SSSR count). The van der Waals surface area contributed by atoms with E-state index in [9.17, 15) is 22.8 Å².